The summed E-state index contributed by atoms with van der Waals surface area (Å²) in [5.41, 5.74) is 2.49. The molecule has 2 amide bonds. The lowest BCUT2D eigenvalue weighted by molar-refractivity contribution is -0.136. The van der Waals surface area contributed by atoms with E-state index in [0.717, 1.165) is 37.2 Å². The average molecular weight is 486 g/mol. The zero-order valence-corrected chi connectivity index (χ0v) is 21.0. The van der Waals surface area contributed by atoms with Crippen molar-refractivity contribution in [3.05, 3.63) is 40.5 Å². The molecule has 1 N–H and O–H groups in total. The van der Waals surface area contributed by atoms with Crippen LogP contribution >= 0.6 is 11.6 Å². The second-order valence-electron chi connectivity index (χ2n) is 9.76. The Bertz CT molecular complexity index is 1080. The molecule has 0 spiro atoms. The SMILES string of the molecule is CCN(C(=O)CN1Cc2ccc(-c3nc(NC4CCOCC4)ncc3Cl)cc2C1=O)C(C)(C)C. The van der Waals surface area contributed by atoms with Gasteiger partial charge in [0.25, 0.3) is 5.91 Å². The van der Waals surface area contributed by atoms with Crippen LogP contribution in [-0.4, -0.2) is 69.5 Å². The predicted molar refractivity (Wildman–Crippen MR) is 132 cm³/mol. The van der Waals surface area contributed by atoms with E-state index in [0.29, 0.717) is 35.3 Å². The van der Waals surface area contributed by atoms with Crippen molar-refractivity contribution in [2.24, 2.45) is 0 Å². The standard InChI is InChI=1S/C25H32ClN5O3/c1-5-31(25(2,3)4)21(32)15-30-14-17-7-6-16(12-19(17)23(30)33)22-20(26)13-27-24(29-22)28-18-8-10-34-11-9-18/h6-7,12-13,18H,5,8-11,14-15H2,1-4H3,(H,27,28,29). The Labute approximate surface area is 205 Å². The summed E-state index contributed by atoms with van der Waals surface area (Å²) in [4.78, 5) is 38.4. The lowest BCUT2D eigenvalue weighted by atomic mass is 10.0. The number of likely N-dealkylation sites (N-methyl/N-ethyl adjacent to an activating group) is 1. The quantitative estimate of drug-likeness (QED) is 0.665. The largest absolute Gasteiger partial charge is 0.381 e. The number of benzene rings is 1. The Morgan fingerprint density at radius 2 is 2.03 bits per heavy atom. The number of ether oxygens (including phenoxy) is 1. The number of halogens is 1. The van der Waals surface area contributed by atoms with Crippen molar-refractivity contribution in [3.8, 4) is 11.3 Å². The highest BCUT2D eigenvalue weighted by Crippen LogP contribution is 2.32. The number of hydrogen-bond donors (Lipinski definition) is 1. The third-order valence-corrected chi connectivity index (χ3v) is 6.59. The summed E-state index contributed by atoms with van der Waals surface area (Å²) in [7, 11) is 0. The minimum absolute atomic E-state index is 0.0564. The third kappa shape index (κ3) is 5.18. The number of carbonyl (C=O) groups excluding carboxylic acids is 2. The summed E-state index contributed by atoms with van der Waals surface area (Å²) in [5.74, 6) is 0.298. The zero-order chi connectivity index (χ0) is 24.5. The first-order chi connectivity index (χ1) is 16.2. The first-order valence-corrected chi connectivity index (χ1v) is 12.1. The average Bonchev–Trinajstić information content (AvgIpc) is 3.10. The number of carbonyl (C=O) groups is 2. The predicted octanol–water partition coefficient (Wildman–Crippen LogP) is 3.99. The summed E-state index contributed by atoms with van der Waals surface area (Å²) >= 11 is 6.43. The van der Waals surface area contributed by atoms with E-state index in [1.807, 2.05) is 45.9 Å². The molecule has 0 radical (unpaired) electrons. The monoisotopic (exact) mass is 485 g/mol. The molecule has 2 aliphatic rings. The third-order valence-electron chi connectivity index (χ3n) is 6.31. The molecule has 4 rings (SSSR count). The van der Waals surface area contributed by atoms with Crippen molar-refractivity contribution in [1.82, 2.24) is 19.8 Å². The molecule has 9 heteroatoms. The Morgan fingerprint density at radius 3 is 2.71 bits per heavy atom. The topological polar surface area (TPSA) is 87.7 Å². The highest BCUT2D eigenvalue weighted by Gasteiger charge is 2.33. The van der Waals surface area contributed by atoms with Crippen LogP contribution in [0.3, 0.4) is 0 Å². The van der Waals surface area contributed by atoms with Crippen LogP contribution in [0.25, 0.3) is 11.3 Å². The van der Waals surface area contributed by atoms with Gasteiger partial charge in [-0.25, -0.2) is 9.97 Å². The molecular formula is C25H32ClN5O3. The van der Waals surface area contributed by atoms with Crippen LogP contribution in [0.4, 0.5) is 5.95 Å². The van der Waals surface area contributed by atoms with Crippen molar-refractivity contribution in [3.63, 3.8) is 0 Å². The highest BCUT2D eigenvalue weighted by atomic mass is 35.5. The van der Waals surface area contributed by atoms with Crippen molar-refractivity contribution in [2.75, 3.05) is 31.6 Å². The van der Waals surface area contributed by atoms with Gasteiger partial charge >= 0.3 is 0 Å². The summed E-state index contributed by atoms with van der Waals surface area (Å²) in [6.45, 7) is 10.4. The van der Waals surface area contributed by atoms with E-state index >= 15 is 0 Å². The summed E-state index contributed by atoms with van der Waals surface area (Å²) in [6, 6.07) is 5.90. The van der Waals surface area contributed by atoms with Crippen LogP contribution < -0.4 is 5.32 Å². The van der Waals surface area contributed by atoms with Gasteiger partial charge in [0.1, 0.15) is 6.54 Å². The Balaban J connectivity index is 1.52. The Morgan fingerprint density at radius 1 is 1.29 bits per heavy atom. The van der Waals surface area contributed by atoms with Gasteiger partial charge in [-0.2, -0.15) is 0 Å². The molecule has 0 atom stereocenters. The fourth-order valence-corrected chi connectivity index (χ4v) is 4.77. The molecule has 182 valence electrons. The number of hydrogen-bond acceptors (Lipinski definition) is 6. The number of anilines is 1. The maximum atomic E-state index is 13.2. The molecule has 2 aliphatic heterocycles. The minimum atomic E-state index is -0.297. The molecule has 8 nitrogen and oxygen atoms in total. The van der Waals surface area contributed by atoms with E-state index in [4.69, 9.17) is 16.3 Å². The van der Waals surface area contributed by atoms with Gasteiger partial charge in [0.2, 0.25) is 11.9 Å². The Hall–Kier alpha value is -2.71. The molecule has 0 bridgehead atoms. The van der Waals surface area contributed by atoms with E-state index in [9.17, 15) is 9.59 Å². The number of nitrogens with zero attached hydrogens (tertiary/aromatic N) is 4. The molecule has 1 saturated heterocycles. The summed E-state index contributed by atoms with van der Waals surface area (Å²) < 4.78 is 5.41. The van der Waals surface area contributed by atoms with E-state index in [1.54, 1.807) is 16.0 Å². The second kappa shape index (κ2) is 9.88. The number of amides is 2. The Kier molecular flexibility index (Phi) is 7.09. The minimum Gasteiger partial charge on any atom is -0.381 e. The zero-order valence-electron chi connectivity index (χ0n) is 20.2. The van der Waals surface area contributed by atoms with Crippen LogP contribution in [0.15, 0.2) is 24.4 Å². The van der Waals surface area contributed by atoms with Gasteiger partial charge in [-0.1, -0.05) is 23.7 Å². The number of rotatable bonds is 6. The van der Waals surface area contributed by atoms with Gasteiger partial charge < -0.3 is 19.9 Å². The maximum absolute atomic E-state index is 13.2. The maximum Gasteiger partial charge on any atom is 0.254 e. The van der Waals surface area contributed by atoms with Crippen LogP contribution in [0.2, 0.25) is 5.02 Å². The fourth-order valence-electron chi connectivity index (χ4n) is 4.57. The van der Waals surface area contributed by atoms with Crippen LogP contribution in [0.1, 0.15) is 56.5 Å². The molecule has 3 heterocycles. The van der Waals surface area contributed by atoms with Gasteiger partial charge in [-0.05, 0) is 52.2 Å². The molecule has 0 saturated carbocycles. The first-order valence-electron chi connectivity index (χ1n) is 11.8. The molecule has 1 aromatic carbocycles. The van der Waals surface area contributed by atoms with Gasteiger partial charge in [-0.15, -0.1) is 0 Å². The molecule has 0 aliphatic carbocycles. The van der Waals surface area contributed by atoms with E-state index < -0.39 is 0 Å². The van der Waals surface area contributed by atoms with Gasteiger partial charge in [-0.3, -0.25) is 9.59 Å². The fraction of sp³-hybridized carbons (Fsp3) is 0.520. The molecule has 0 unspecified atom stereocenters. The van der Waals surface area contributed by atoms with Crippen LogP contribution in [0.5, 0.6) is 0 Å². The van der Waals surface area contributed by atoms with Crippen LogP contribution in [-0.2, 0) is 16.1 Å². The second-order valence-corrected chi connectivity index (χ2v) is 10.2. The summed E-state index contributed by atoms with van der Waals surface area (Å²) in [6.07, 6.45) is 3.37. The smallest absolute Gasteiger partial charge is 0.254 e. The van der Waals surface area contributed by atoms with E-state index in [-0.39, 0.29) is 29.9 Å². The molecule has 2 aromatic rings. The van der Waals surface area contributed by atoms with Crippen molar-refractivity contribution in [2.45, 2.75) is 58.7 Å². The lowest BCUT2D eigenvalue weighted by Crippen LogP contribution is -2.49. The van der Waals surface area contributed by atoms with Crippen molar-refractivity contribution < 1.29 is 14.3 Å². The van der Waals surface area contributed by atoms with E-state index in [2.05, 4.69) is 15.3 Å². The molecule has 1 aromatic heterocycles. The number of nitrogens with one attached hydrogen (secondary N) is 1. The number of aromatic nitrogens is 2. The normalized spacial score (nSPS) is 16.5. The first kappa shape index (κ1) is 24.4. The molecular weight excluding hydrogens is 454 g/mol. The van der Waals surface area contributed by atoms with Gasteiger partial charge in [0.05, 0.1) is 16.9 Å². The van der Waals surface area contributed by atoms with Gasteiger partial charge in [0.15, 0.2) is 0 Å². The van der Waals surface area contributed by atoms with Crippen LogP contribution in [0, 0.1) is 0 Å². The summed E-state index contributed by atoms with van der Waals surface area (Å²) in [5, 5.41) is 3.77. The number of fused-ring (bicyclic) bond motifs is 1. The van der Waals surface area contributed by atoms with Crippen molar-refractivity contribution in [1.29, 1.82) is 0 Å². The molecule has 1 fully saturated rings. The van der Waals surface area contributed by atoms with Gasteiger partial charge in [0, 0.05) is 49.0 Å². The lowest BCUT2D eigenvalue weighted by Gasteiger charge is -2.35. The highest BCUT2D eigenvalue weighted by molar-refractivity contribution is 6.33. The van der Waals surface area contributed by atoms with E-state index in [1.165, 1.54) is 0 Å². The molecule has 34 heavy (non-hydrogen) atoms. The van der Waals surface area contributed by atoms with Crippen molar-refractivity contribution >= 4 is 29.4 Å².